The second-order valence-electron chi connectivity index (χ2n) is 3.78. The van der Waals surface area contributed by atoms with E-state index in [9.17, 15) is 4.39 Å². The first kappa shape index (κ1) is 12.8. The van der Waals surface area contributed by atoms with Crippen LogP contribution in [0.5, 0.6) is 11.5 Å². The number of hydrogen-bond acceptors (Lipinski definition) is 3. The maximum absolute atomic E-state index is 13.5. The second-order valence-corrected chi connectivity index (χ2v) is 3.78. The Kier molecular flexibility index (Phi) is 4.55. The van der Waals surface area contributed by atoms with Crippen LogP contribution in [0.25, 0.3) is 0 Å². The number of hydrogen-bond donors (Lipinski definition) is 1. The van der Waals surface area contributed by atoms with Gasteiger partial charge >= 0.3 is 0 Å². The zero-order valence-electron chi connectivity index (χ0n) is 9.92. The minimum Gasteiger partial charge on any atom is -0.496 e. The lowest BCUT2D eigenvalue weighted by atomic mass is 10.0. The van der Waals surface area contributed by atoms with Gasteiger partial charge in [0.1, 0.15) is 5.75 Å². The number of halogens is 1. The summed E-state index contributed by atoms with van der Waals surface area (Å²) < 4.78 is 23.7. The Morgan fingerprint density at radius 3 is 2.50 bits per heavy atom. The highest BCUT2D eigenvalue weighted by molar-refractivity contribution is 5.45. The zero-order valence-corrected chi connectivity index (χ0v) is 9.92. The summed E-state index contributed by atoms with van der Waals surface area (Å²) in [7, 11) is 3.01. The third kappa shape index (κ3) is 2.85. The Balaban J connectivity index is 3.04. The average Bonchev–Trinajstić information content (AvgIpc) is 2.26. The molecule has 0 aliphatic heterocycles. The molecule has 1 aromatic carbocycles. The molecule has 0 bridgehead atoms. The van der Waals surface area contributed by atoms with Crippen molar-refractivity contribution in [3.8, 4) is 11.5 Å². The molecule has 1 atom stereocenters. The summed E-state index contributed by atoms with van der Waals surface area (Å²) >= 11 is 0. The SMILES string of the molecule is COc1ccc(F)c(OC)c1CC[C@H](C)N. The van der Waals surface area contributed by atoms with Crippen LogP contribution >= 0.6 is 0 Å². The third-order valence-electron chi connectivity index (χ3n) is 2.44. The largest absolute Gasteiger partial charge is 0.496 e. The molecule has 4 heteroatoms. The molecule has 1 aromatic rings. The molecular weight excluding hydrogens is 209 g/mol. The van der Waals surface area contributed by atoms with Gasteiger partial charge in [-0.05, 0) is 31.9 Å². The molecule has 90 valence electrons. The van der Waals surface area contributed by atoms with Crippen LogP contribution < -0.4 is 15.2 Å². The molecule has 16 heavy (non-hydrogen) atoms. The maximum atomic E-state index is 13.5. The van der Waals surface area contributed by atoms with Gasteiger partial charge in [0.2, 0.25) is 0 Å². The number of ether oxygens (including phenoxy) is 2. The van der Waals surface area contributed by atoms with Gasteiger partial charge < -0.3 is 15.2 Å². The van der Waals surface area contributed by atoms with Crippen molar-refractivity contribution >= 4 is 0 Å². The standard InChI is InChI=1S/C12H18FNO2/c1-8(14)4-5-9-11(15-2)7-6-10(13)12(9)16-3/h6-8H,4-5,14H2,1-3H3/t8-/m0/s1. The molecule has 0 radical (unpaired) electrons. The van der Waals surface area contributed by atoms with Crippen LogP contribution in [0.4, 0.5) is 4.39 Å². The highest BCUT2D eigenvalue weighted by Gasteiger charge is 2.15. The quantitative estimate of drug-likeness (QED) is 0.838. The summed E-state index contributed by atoms with van der Waals surface area (Å²) in [4.78, 5) is 0. The van der Waals surface area contributed by atoms with Gasteiger partial charge in [-0.1, -0.05) is 0 Å². The van der Waals surface area contributed by atoms with Crippen LogP contribution in [0.3, 0.4) is 0 Å². The van der Waals surface area contributed by atoms with Crippen molar-refractivity contribution in [1.82, 2.24) is 0 Å². The lowest BCUT2D eigenvalue weighted by Crippen LogP contribution is -2.16. The van der Waals surface area contributed by atoms with Crippen LogP contribution in [0.15, 0.2) is 12.1 Å². The van der Waals surface area contributed by atoms with E-state index in [0.29, 0.717) is 12.2 Å². The van der Waals surface area contributed by atoms with Gasteiger partial charge in [0, 0.05) is 11.6 Å². The molecule has 2 N–H and O–H groups in total. The molecule has 0 spiro atoms. The van der Waals surface area contributed by atoms with Gasteiger partial charge in [-0.3, -0.25) is 0 Å². The molecule has 0 aromatic heterocycles. The monoisotopic (exact) mass is 227 g/mol. The maximum Gasteiger partial charge on any atom is 0.165 e. The van der Waals surface area contributed by atoms with Crippen LogP contribution in [0, 0.1) is 5.82 Å². The summed E-state index contributed by atoms with van der Waals surface area (Å²) in [5.41, 5.74) is 6.42. The third-order valence-corrected chi connectivity index (χ3v) is 2.44. The first-order valence-corrected chi connectivity index (χ1v) is 5.25. The molecule has 0 heterocycles. The summed E-state index contributed by atoms with van der Waals surface area (Å²) in [6, 6.07) is 3.01. The fourth-order valence-electron chi connectivity index (χ4n) is 1.60. The Morgan fingerprint density at radius 2 is 2.00 bits per heavy atom. The molecule has 0 fully saturated rings. The van der Waals surface area contributed by atoms with Gasteiger partial charge in [-0.15, -0.1) is 0 Å². The second kappa shape index (κ2) is 5.70. The van der Waals surface area contributed by atoms with Crippen LogP contribution in [-0.4, -0.2) is 20.3 Å². The van der Waals surface area contributed by atoms with E-state index in [1.807, 2.05) is 6.92 Å². The average molecular weight is 227 g/mol. The van der Waals surface area contributed by atoms with Gasteiger partial charge in [0.05, 0.1) is 14.2 Å². The van der Waals surface area contributed by atoms with Crippen molar-refractivity contribution in [1.29, 1.82) is 0 Å². The predicted molar refractivity (Wildman–Crippen MR) is 61.5 cm³/mol. The van der Waals surface area contributed by atoms with E-state index < -0.39 is 0 Å². The topological polar surface area (TPSA) is 44.5 Å². The van der Waals surface area contributed by atoms with E-state index in [2.05, 4.69) is 0 Å². The Labute approximate surface area is 95.4 Å². The molecule has 0 saturated heterocycles. The zero-order chi connectivity index (χ0) is 12.1. The predicted octanol–water partition coefficient (Wildman–Crippen LogP) is 2.12. The molecule has 0 aliphatic carbocycles. The van der Waals surface area contributed by atoms with Gasteiger partial charge in [-0.25, -0.2) is 4.39 Å². The molecular formula is C12H18FNO2. The van der Waals surface area contributed by atoms with E-state index in [4.69, 9.17) is 15.2 Å². The van der Waals surface area contributed by atoms with E-state index in [1.54, 1.807) is 13.2 Å². The molecule has 1 rings (SSSR count). The van der Waals surface area contributed by atoms with Gasteiger partial charge in [0.25, 0.3) is 0 Å². The smallest absolute Gasteiger partial charge is 0.165 e. The highest BCUT2D eigenvalue weighted by atomic mass is 19.1. The van der Waals surface area contributed by atoms with Crippen LogP contribution in [0.1, 0.15) is 18.9 Å². The van der Waals surface area contributed by atoms with Crippen LogP contribution in [-0.2, 0) is 6.42 Å². The first-order valence-electron chi connectivity index (χ1n) is 5.25. The Morgan fingerprint density at radius 1 is 1.31 bits per heavy atom. The van der Waals surface area contributed by atoms with Crippen molar-refractivity contribution in [3.05, 3.63) is 23.5 Å². The number of nitrogens with two attached hydrogens (primary N) is 1. The number of methoxy groups -OCH3 is 2. The minimum atomic E-state index is -0.372. The minimum absolute atomic E-state index is 0.0673. The number of rotatable bonds is 5. The Hall–Kier alpha value is -1.29. The summed E-state index contributed by atoms with van der Waals surface area (Å²) in [5.74, 6) is 0.516. The number of benzene rings is 1. The summed E-state index contributed by atoms with van der Waals surface area (Å²) in [5, 5.41) is 0. The Bertz CT molecular complexity index is 353. The lowest BCUT2D eigenvalue weighted by molar-refractivity contribution is 0.364. The fourth-order valence-corrected chi connectivity index (χ4v) is 1.60. The van der Waals surface area contributed by atoms with Gasteiger partial charge in [0.15, 0.2) is 11.6 Å². The molecule has 0 saturated carbocycles. The van der Waals surface area contributed by atoms with E-state index >= 15 is 0 Å². The lowest BCUT2D eigenvalue weighted by Gasteiger charge is -2.14. The molecule has 0 unspecified atom stereocenters. The van der Waals surface area contributed by atoms with Crippen molar-refractivity contribution in [3.63, 3.8) is 0 Å². The molecule has 0 amide bonds. The van der Waals surface area contributed by atoms with Crippen molar-refractivity contribution in [2.24, 2.45) is 5.73 Å². The molecule has 0 aliphatic rings. The van der Waals surface area contributed by atoms with Crippen molar-refractivity contribution in [2.45, 2.75) is 25.8 Å². The van der Waals surface area contributed by atoms with E-state index in [-0.39, 0.29) is 17.6 Å². The van der Waals surface area contributed by atoms with Crippen molar-refractivity contribution in [2.75, 3.05) is 14.2 Å². The highest BCUT2D eigenvalue weighted by Crippen LogP contribution is 2.32. The molecule has 3 nitrogen and oxygen atoms in total. The fraction of sp³-hybridized carbons (Fsp3) is 0.500. The summed E-state index contributed by atoms with van der Waals surface area (Å²) in [6.07, 6.45) is 1.40. The van der Waals surface area contributed by atoms with E-state index in [0.717, 1.165) is 12.0 Å². The van der Waals surface area contributed by atoms with Crippen LogP contribution in [0.2, 0.25) is 0 Å². The van der Waals surface area contributed by atoms with Gasteiger partial charge in [-0.2, -0.15) is 0 Å². The van der Waals surface area contributed by atoms with E-state index in [1.165, 1.54) is 13.2 Å². The van der Waals surface area contributed by atoms with Crippen molar-refractivity contribution < 1.29 is 13.9 Å². The summed E-state index contributed by atoms with van der Waals surface area (Å²) in [6.45, 7) is 1.91. The normalized spacial score (nSPS) is 12.3. The first-order chi connectivity index (χ1) is 7.60.